The summed E-state index contributed by atoms with van der Waals surface area (Å²) in [6.45, 7) is 7.41. The van der Waals surface area contributed by atoms with E-state index >= 15 is 0 Å². The fourth-order valence-corrected chi connectivity index (χ4v) is 3.36. The SMILES string of the molecule is CC(C)Oc1cccc(CN2CCN(C(=O)c3cc(Cl)ccc3F)CC2)c1. The summed E-state index contributed by atoms with van der Waals surface area (Å²) in [5.74, 6) is 0.0310. The van der Waals surface area contributed by atoms with Crippen LogP contribution >= 0.6 is 11.6 Å². The van der Waals surface area contributed by atoms with E-state index in [2.05, 4.69) is 17.0 Å². The molecule has 1 fully saturated rings. The molecule has 1 heterocycles. The number of amides is 1. The Labute approximate surface area is 164 Å². The van der Waals surface area contributed by atoms with E-state index in [1.165, 1.54) is 23.8 Å². The molecule has 1 amide bonds. The number of benzene rings is 2. The monoisotopic (exact) mass is 390 g/mol. The second kappa shape index (κ2) is 8.72. The summed E-state index contributed by atoms with van der Waals surface area (Å²) < 4.78 is 19.7. The van der Waals surface area contributed by atoms with Gasteiger partial charge in [-0.25, -0.2) is 4.39 Å². The molecular weight excluding hydrogens is 367 g/mol. The maximum Gasteiger partial charge on any atom is 0.256 e. The third kappa shape index (κ3) is 5.21. The average molecular weight is 391 g/mol. The Kier molecular flexibility index (Phi) is 6.34. The highest BCUT2D eigenvalue weighted by Gasteiger charge is 2.24. The summed E-state index contributed by atoms with van der Waals surface area (Å²) in [4.78, 5) is 16.5. The quantitative estimate of drug-likeness (QED) is 0.766. The molecule has 0 aliphatic carbocycles. The highest BCUT2D eigenvalue weighted by atomic mass is 35.5. The molecule has 2 aromatic carbocycles. The van der Waals surface area contributed by atoms with E-state index < -0.39 is 5.82 Å². The van der Waals surface area contributed by atoms with Crippen molar-refractivity contribution in [2.75, 3.05) is 26.2 Å². The van der Waals surface area contributed by atoms with Gasteiger partial charge < -0.3 is 9.64 Å². The van der Waals surface area contributed by atoms with E-state index in [0.29, 0.717) is 18.1 Å². The van der Waals surface area contributed by atoms with Crippen molar-refractivity contribution in [1.82, 2.24) is 9.80 Å². The third-order valence-corrected chi connectivity index (χ3v) is 4.73. The Balaban J connectivity index is 1.57. The lowest BCUT2D eigenvalue weighted by Crippen LogP contribution is -2.48. The molecule has 1 saturated heterocycles. The van der Waals surface area contributed by atoms with Crippen molar-refractivity contribution in [3.63, 3.8) is 0 Å². The Morgan fingerprint density at radius 3 is 2.59 bits per heavy atom. The van der Waals surface area contributed by atoms with Crippen molar-refractivity contribution in [1.29, 1.82) is 0 Å². The lowest BCUT2D eigenvalue weighted by atomic mass is 10.1. The van der Waals surface area contributed by atoms with Gasteiger partial charge in [0.05, 0.1) is 11.7 Å². The summed E-state index contributed by atoms with van der Waals surface area (Å²) in [6.07, 6.45) is 0.140. The van der Waals surface area contributed by atoms with Gasteiger partial charge in [0.25, 0.3) is 5.91 Å². The largest absolute Gasteiger partial charge is 0.491 e. The van der Waals surface area contributed by atoms with Gasteiger partial charge in [0.2, 0.25) is 0 Å². The van der Waals surface area contributed by atoms with E-state index in [0.717, 1.165) is 25.4 Å². The molecule has 0 spiro atoms. The van der Waals surface area contributed by atoms with Crippen LogP contribution < -0.4 is 4.74 Å². The number of ether oxygens (including phenoxy) is 1. The van der Waals surface area contributed by atoms with Gasteiger partial charge in [-0.3, -0.25) is 9.69 Å². The van der Waals surface area contributed by atoms with E-state index in [9.17, 15) is 9.18 Å². The number of carbonyl (C=O) groups is 1. The maximum absolute atomic E-state index is 13.9. The molecule has 1 aliphatic heterocycles. The number of nitrogens with zero attached hydrogens (tertiary/aromatic N) is 2. The van der Waals surface area contributed by atoms with Gasteiger partial charge >= 0.3 is 0 Å². The zero-order valence-electron chi connectivity index (χ0n) is 15.6. The molecule has 27 heavy (non-hydrogen) atoms. The summed E-state index contributed by atoms with van der Waals surface area (Å²) >= 11 is 5.90. The molecule has 0 saturated carbocycles. The molecule has 6 heteroatoms. The van der Waals surface area contributed by atoms with Gasteiger partial charge in [0.1, 0.15) is 11.6 Å². The second-order valence-electron chi connectivity index (χ2n) is 7.01. The minimum atomic E-state index is -0.534. The summed E-state index contributed by atoms with van der Waals surface area (Å²) in [6, 6.07) is 12.2. The van der Waals surface area contributed by atoms with Gasteiger partial charge in [-0.15, -0.1) is 0 Å². The zero-order valence-corrected chi connectivity index (χ0v) is 16.4. The Hall–Kier alpha value is -2.11. The number of halogens is 2. The van der Waals surface area contributed by atoms with Crippen LogP contribution in [0.5, 0.6) is 5.75 Å². The molecule has 3 rings (SSSR count). The molecule has 144 valence electrons. The van der Waals surface area contributed by atoms with Crippen LogP contribution in [0.1, 0.15) is 29.8 Å². The normalized spacial score (nSPS) is 15.2. The molecule has 0 atom stereocenters. The Morgan fingerprint density at radius 1 is 1.15 bits per heavy atom. The molecule has 0 aromatic heterocycles. The molecule has 2 aromatic rings. The van der Waals surface area contributed by atoms with E-state index in [1.807, 2.05) is 26.0 Å². The molecule has 4 nitrogen and oxygen atoms in total. The van der Waals surface area contributed by atoms with Crippen molar-refractivity contribution in [3.8, 4) is 5.75 Å². The van der Waals surface area contributed by atoms with Crippen LogP contribution in [0.4, 0.5) is 4.39 Å². The van der Waals surface area contributed by atoms with Gasteiger partial charge in [0.15, 0.2) is 0 Å². The minimum Gasteiger partial charge on any atom is -0.491 e. The van der Waals surface area contributed by atoms with Crippen LogP contribution in [0.3, 0.4) is 0 Å². The number of rotatable bonds is 5. The summed E-state index contributed by atoms with van der Waals surface area (Å²) in [5.41, 5.74) is 1.21. The van der Waals surface area contributed by atoms with Gasteiger partial charge in [-0.1, -0.05) is 23.7 Å². The van der Waals surface area contributed by atoms with Crippen molar-refractivity contribution in [2.24, 2.45) is 0 Å². The van der Waals surface area contributed by atoms with Crippen LogP contribution in [0.25, 0.3) is 0 Å². The number of piperazine rings is 1. The predicted octanol–water partition coefficient (Wildman–Crippen LogP) is 4.22. The topological polar surface area (TPSA) is 32.8 Å². The number of hydrogen-bond donors (Lipinski definition) is 0. The van der Waals surface area contributed by atoms with Crippen LogP contribution in [0.2, 0.25) is 5.02 Å². The van der Waals surface area contributed by atoms with Crippen LogP contribution in [0, 0.1) is 5.82 Å². The molecule has 0 bridgehead atoms. The van der Waals surface area contributed by atoms with Crippen molar-refractivity contribution < 1.29 is 13.9 Å². The maximum atomic E-state index is 13.9. The Bertz CT molecular complexity index is 805. The van der Waals surface area contributed by atoms with Crippen molar-refractivity contribution >= 4 is 17.5 Å². The molecule has 0 unspecified atom stereocenters. The predicted molar refractivity (Wildman–Crippen MR) is 105 cm³/mol. The minimum absolute atomic E-state index is 0.0366. The molecule has 0 N–H and O–H groups in total. The highest BCUT2D eigenvalue weighted by molar-refractivity contribution is 6.31. The van der Waals surface area contributed by atoms with Gasteiger partial charge in [0, 0.05) is 37.7 Å². The average Bonchev–Trinajstić information content (AvgIpc) is 2.63. The first-order chi connectivity index (χ1) is 12.9. The van der Waals surface area contributed by atoms with Gasteiger partial charge in [-0.05, 0) is 49.7 Å². The summed E-state index contributed by atoms with van der Waals surface area (Å²) in [5, 5.41) is 0.363. The van der Waals surface area contributed by atoms with Crippen molar-refractivity contribution in [3.05, 3.63) is 64.4 Å². The lowest BCUT2D eigenvalue weighted by molar-refractivity contribution is 0.0624. The first-order valence-electron chi connectivity index (χ1n) is 9.14. The third-order valence-electron chi connectivity index (χ3n) is 4.49. The van der Waals surface area contributed by atoms with Crippen LogP contribution in [-0.4, -0.2) is 48.0 Å². The Morgan fingerprint density at radius 2 is 1.89 bits per heavy atom. The number of carbonyl (C=O) groups excluding carboxylic acids is 1. The fourth-order valence-electron chi connectivity index (χ4n) is 3.19. The zero-order chi connectivity index (χ0) is 19.4. The fraction of sp³-hybridized carbons (Fsp3) is 0.381. The van der Waals surface area contributed by atoms with E-state index in [-0.39, 0.29) is 17.6 Å². The molecular formula is C21H24ClFN2O2. The first-order valence-corrected chi connectivity index (χ1v) is 9.52. The number of hydrogen-bond acceptors (Lipinski definition) is 3. The van der Waals surface area contributed by atoms with Gasteiger partial charge in [-0.2, -0.15) is 0 Å². The second-order valence-corrected chi connectivity index (χ2v) is 7.44. The molecule has 0 radical (unpaired) electrons. The van der Waals surface area contributed by atoms with Crippen LogP contribution in [0.15, 0.2) is 42.5 Å². The lowest BCUT2D eigenvalue weighted by Gasteiger charge is -2.35. The highest BCUT2D eigenvalue weighted by Crippen LogP contribution is 2.19. The first kappa shape index (κ1) is 19.6. The van der Waals surface area contributed by atoms with Crippen LogP contribution in [-0.2, 0) is 6.54 Å². The standard InChI is InChI=1S/C21H24ClFN2O2/c1-15(2)27-18-5-3-4-16(12-18)14-24-8-10-25(11-9-24)21(26)19-13-17(22)6-7-20(19)23/h3-7,12-13,15H,8-11,14H2,1-2H3. The summed E-state index contributed by atoms with van der Waals surface area (Å²) in [7, 11) is 0. The smallest absolute Gasteiger partial charge is 0.256 e. The van der Waals surface area contributed by atoms with E-state index in [4.69, 9.17) is 16.3 Å². The molecule has 1 aliphatic rings. The van der Waals surface area contributed by atoms with Crippen molar-refractivity contribution in [2.45, 2.75) is 26.5 Å². The van der Waals surface area contributed by atoms with E-state index in [1.54, 1.807) is 4.90 Å².